The highest BCUT2D eigenvalue weighted by atomic mass is 16.3. The molecule has 0 spiro atoms. The summed E-state index contributed by atoms with van der Waals surface area (Å²) in [5.74, 6) is 0. The summed E-state index contributed by atoms with van der Waals surface area (Å²) in [6.07, 6.45) is 3.09. The van der Waals surface area contributed by atoms with Gasteiger partial charge in [0.25, 0.3) is 0 Å². The first kappa shape index (κ1) is 13.9. The normalized spacial score (nSPS) is 17.8. The third kappa shape index (κ3) is 7.30. The fourth-order valence-corrected chi connectivity index (χ4v) is 1.32. The molecule has 3 N–H and O–H groups in total. The minimum atomic E-state index is -0.377. The van der Waals surface area contributed by atoms with E-state index in [4.69, 9.17) is 0 Å². The average Bonchev–Trinajstić information content (AvgIpc) is 2.22. The molecule has 0 heterocycles. The van der Waals surface area contributed by atoms with E-state index in [-0.39, 0.29) is 18.3 Å². The molecule has 0 bridgehead atoms. The predicted octanol–water partition coefficient (Wildman–Crippen LogP) is 1.45. The maximum atomic E-state index is 9.52. The summed E-state index contributed by atoms with van der Waals surface area (Å²) < 4.78 is 0. The standard InChI is InChI=1S/C11H24O3/c1-3-9(12)5-7-11(14)8-6-10(13)4-2/h9-14H,3-8H2,1-2H3. The Bertz CT molecular complexity index is 114. The fraction of sp³-hybridized carbons (Fsp3) is 1.00. The van der Waals surface area contributed by atoms with Gasteiger partial charge in [0.15, 0.2) is 0 Å². The van der Waals surface area contributed by atoms with Crippen molar-refractivity contribution < 1.29 is 15.3 Å². The third-order valence-corrected chi connectivity index (χ3v) is 2.61. The van der Waals surface area contributed by atoms with Crippen molar-refractivity contribution >= 4 is 0 Å². The van der Waals surface area contributed by atoms with Gasteiger partial charge in [0, 0.05) is 0 Å². The molecule has 0 fully saturated rings. The number of aliphatic hydroxyl groups is 3. The van der Waals surface area contributed by atoms with Crippen LogP contribution in [0.15, 0.2) is 0 Å². The van der Waals surface area contributed by atoms with E-state index in [1.807, 2.05) is 13.8 Å². The van der Waals surface area contributed by atoms with Crippen LogP contribution in [0, 0.1) is 0 Å². The first-order chi connectivity index (χ1) is 6.60. The Morgan fingerprint density at radius 3 is 1.21 bits per heavy atom. The predicted molar refractivity (Wildman–Crippen MR) is 57.1 cm³/mol. The van der Waals surface area contributed by atoms with E-state index >= 15 is 0 Å². The van der Waals surface area contributed by atoms with Crippen LogP contribution in [0.25, 0.3) is 0 Å². The van der Waals surface area contributed by atoms with Crippen molar-refractivity contribution in [1.82, 2.24) is 0 Å². The Morgan fingerprint density at radius 2 is 0.929 bits per heavy atom. The molecule has 0 aromatic rings. The molecule has 14 heavy (non-hydrogen) atoms. The van der Waals surface area contributed by atoms with Gasteiger partial charge in [-0.15, -0.1) is 0 Å². The Labute approximate surface area is 86.8 Å². The van der Waals surface area contributed by atoms with Crippen LogP contribution in [0.4, 0.5) is 0 Å². The molecule has 0 aromatic heterocycles. The highest BCUT2D eigenvalue weighted by Crippen LogP contribution is 2.11. The van der Waals surface area contributed by atoms with E-state index in [0.717, 1.165) is 12.8 Å². The summed E-state index contributed by atoms with van der Waals surface area (Å²) in [6, 6.07) is 0. The van der Waals surface area contributed by atoms with E-state index in [9.17, 15) is 15.3 Å². The van der Waals surface area contributed by atoms with Crippen LogP contribution < -0.4 is 0 Å². The molecule has 0 saturated carbocycles. The molecular formula is C11H24O3. The van der Waals surface area contributed by atoms with Crippen LogP contribution in [-0.2, 0) is 0 Å². The number of hydrogen-bond donors (Lipinski definition) is 3. The summed E-state index contributed by atoms with van der Waals surface area (Å²) >= 11 is 0. The topological polar surface area (TPSA) is 60.7 Å². The van der Waals surface area contributed by atoms with Gasteiger partial charge in [0.2, 0.25) is 0 Å². The zero-order valence-corrected chi connectivity index (χ0v) is 9.32. The van der Waals surface area contributed by atoms with Crippen LogP contribution >= 0.6 is 0 Å². The number of hydrogen-bond acceptors (Lipinski definition) is 3. The summed E-state index contributed by atoms with van der Waals surface area (Å²) in [7, 11) is 0. The highest BCUT2D eigenvalue weighted by Gasteiger charge is 2.09. The van der Waals surface area contributed by atoms with Crippen molar-refractivity contribution in [3.63, 3.8) is 0 Å². The monoisotopic (exact) mass is 204 g/mol. The molecule has 2 atom stereocenters. The van der Waals surface area contributed by atoms with E-state index in [0.29, 0.717) is 25.7 Å². The largest absolute Gasteiger partial charge is 0.393 e. The lowest BCUT2D eigenvalue weighted by atomic mass is 10.0. The maximum absolute atomic E-state index is 9.52. The Balaban J connectivity index is 3.40. The molecule has 3 heteroatoms. The molecule has 0 amide bonds. The molecule has 0 saturated heterocycles. The zero-order valence-electron chi connectivity index (χ0n) is 9.32. The van der Waals surface area contributed by atoms with Gasteiger partial charge in [0.05, 0.1) is 18.3 Å². The van der Waals surface area contributed by atoms with Crippen LogP contribution in [-0.4, -0.2) is 33.6 Å². The summed E-state index contributed by atoms with van der Waals surface area (Å²) in [5, 5.41) is 28.1. The molecule has 0 aromatic carbocycles. The van der Waals surface area contributed by atoms with Crippen molar-refractivity contribution in [2.45, 2.75) is 70.7 Å². The van der Waals surface area contributed by atoms with E-state index in [2.05, 4.69) is 0 Å². The smallest absolute Gasteiger partial charge is 0.0542 e. The lowest BCUT2D eigenvalue weighted by Crippen LogP contribution is -2.15. The van der Waals surface area contributed by atoms with Crippen LogP contribution in [0.5, 0.6) is 0 Å². The Kier molecular flexibility index (Phi) is 8.14. The van der Waals surface area contributed by atoms with Crippen LogP contribution in [0.1, 0.15) is 52.4 Å². The van der Waals surface area contributed by atoms with Gasteiger partial charge in [-0.25, -0.2) is 0 Å². The number of rotatable bonds is 8. The first-order valence-electron chi connectivity index (χ1n) is 5.64. The van der Waals surface area contributed by atoms with E-state index < -0.39 is 0 Å². The summed E-state index contributed by atoms with van der Waals surface area (Å²) in [4.78, 5) is 0. The van der Waals surface area contributed by atoms with Gasteiger partial charge in [-0.2, -0.15) is 0 Å². The zero-order chi connectivity index (χ0) is 11.0. The minimum absolute atomic E-state index is 0.291. The summed E-state index contributed by atoms with van der Waals surface area (Å²) in [6.45, 7) is 3.86. The van der Waals surface area contributed by atoms with Gasteiger partial charge in [-0.3, -0.25) is 0 Å². The molecule has 2 unspecified atom stereocenters. The lowest BCUT2D eigenvalue weighted by Gasteiger charge is -2.14. The maximum Gasteiger partial charge on any atom is 0.0542 e. The van der Waals surface area contributed by atoms with Gasteiger partial charge in [-0.1, -0.05) is 13.8 Å². The average molecular weight is 204 g/mol. The molecule has 0 radical (unpaired) electrons. The quantitative estimate of drug-likeness (QED) is 0.561. The van der Waals surface area contributed by atoms with Crippen LogP contribution in [0.2, 0.25) is 0 Å². The van der Waals surface area contributed by atoms with Gasteiger partial charge in [0.1, 0.15) is 0 Å². The number of aliphatic hydroxyl groups excluding tert-OH is 3. The SMILES string of the molecule is CCC(O)CCC(O)CCC(O)CC. The van der Waals surface area contributed by atoms with Gasteiger partial charge >= 0.3 is 0 Å². The molecule has 0 aliphatic heterocycles. The lowest BCUT2D eigenvalue weighted by molar-refractivity contribution is 0.0864. The second-order valence-electron chi connectivity index (χ2n) is 3.93. The fourth-order valence-electron chi connectivity index (χ4n) is 1.32. The van der Waals surface area contributed by atoms with E-state index in [1.54, 1.807) is 0 Å². The molecule has 3 nitrogen and oxygen atoms in total. The minimum Gasteiger partial charge on any atom is -0.393 e. The van der Waals surface area contributed by atoms with Crippen LogP contribution in [0.3, 0.4) is 0 Å². The molecular weight excluding hydrogens is 180 g/mol. The molecule has 0 aliphatic rings. The van der Waals surface area contributed by atoms with Crippen molar-refractivity contribution in [2.75, 3.05) is 0 Å². The van der Waals surface area contributed by atoms with Gasteiger partial charge < -0.3 is 15.3 Å². The second kappa shape index (κ2) is 8.21. The van der Waals surface area contributed by atoms with Crippen molar-refractivity contribution in [3.8, 4) is 0 Å². The molecule has 86 valence electrons. The van der Waals surface area contributed by atoms with Crippen molar-refractivity contribution in [3.05, 3.63) is 0 Å². The van der Waals surface area contributed by atoms with Crippen molar-refractivity contribution in [2.24, 2.45) is 0 Å². The summed E-state index contributed by atoms with van der Waals surface area (Å²) in [5.41, 5.74) is 0. The molecule has 0 aliphatic carbocycles. The second-order valence-corrected chi connectivity index (χ2v) is 3.93. The Hall–Kier alpha value is -0.120. The third-order valence-electron chi connectivity index (χ3n) is 2.61. The Morgan fingerprint density at radius 1 is 0.643 bits per heavy atom. The first-order valence-corrected chi connectivity index (χ1v) is 5.64. The van der Waals surface area contributed by atoms with E-state index in [1.165, 1.54) is 0 Å². The van der Waals surface area contributed by atoms with Gasteiger partial charge in [-0.05, 0) is 38.5 Å². The highest BCUT2D eigenvalue weighted by molar-refractivity contribution is 4.63. The molecule has 0 rings (SSSR count). The van der Waals surface area contributed by atoms with Crippen molar-refractivity contribution in [1.29, 1.82) is 0 Å².